The lowest BCUT2D eigenvalue weighted by atomic mass is 10.0. The molecule has 0 aliphatic heterocycles. The first-order chi connectivity index (χ1) is 33.7. The molecule has 0 atom stereocenters. The van der Waals surface area contributed by atoms with Gasteiger partial charge in [0.05, 0.1) is 16.7 Å². The molecule has 0 amide bonds. The van der Waals surface area contributed by atoms with Crippen LogP contribution in [-0.4, -0.2) is 19.5 Å². The topological polar surface area (TPSA) is 43.6 Å². The van der Waals surface area contributed by atoms with Crippen molar-refractivity contribution in [3.63, 3.8) is 0 Å². The molecular weight excluding hydrogens is 845 g/mol. The van der Waals surface area contributed by atoms with E-state index in [1.165, 1.54) is 47.6 Å². The Hall–Kier alpha value is -8.77. The average molecular weight is 885 g/mol. The van der Waals surface area contributed by atoms with Gasteiger partial charge in [0, 0.05) is 47.6 Å². The number of benzene rings is 10. The molecule has 0 radical (unpaired) electrons. The van der Waals surface area contributed by atoms with E-state index in [-0.39, 0.29) is 0 Å². The lowest BCUT2D eigenvalue weighted by Gasteiger charge is -2.17. The summed E-state index contributed by atoms with van der Waals surface area (Å²) in [6.45, 7) is 0. The van der Waals surface area contributed by atoms with Crippen molar-refractivity contribution in [2.24, 2.45) is 0 Å². The third kappa shape index (κ3) is 6.96. The lowest BCUT2D eigenvalue weighted by molar-refractivity contribution is 1.06. The van der Waals surface area contributed by atoms with Crippen LogP contribution in [-0.2, 0) is 0 Å². The molecule has 0 aliphatic carbocycles. The number of hydrogen-bond acceptors (Lipinski definition) is 4. The first-order valence-electron chi connectivity index (χ1n) is 22.9. The van der Waals surface area contributed by atoms with Crippen LogP contribution in [0.5, 0.6) is 0 Å². The second-order valence-corrected chi connectivity index (χ2v) is 18.2. The van der Waals surface area contributed by atoms with E-state index >= 15 is 0 Å². The molecule has 0 fully saturated rings. The zero-order valence-electron chi connectivity index (χ0n) is 36.8. The van der Waals surface area contributed by atoms with Crippen LogP contribution in [0.25, 0.3) is 126 Å². The van der Waals surface area contributed by atoms with Crippen molar-refractivity contribution in [2.45, 2.75) is 0 Å². The highest BCUT2D eigenvalue weighted by molar-refractivity contribution is 7.26. The summed E-state index contributed by atoms with van der Waals surface area (Å²) in [6, 6.07) is 86.5. The third-order valence-corrected chi connectivity index (χ3v) is 14.3. The van der Waals surface area contributed by atoms with E-state index in [1.807, 2.05) is 29.5 Å². The maximum absolute atomic E-state index is 5.40. The Kier molecular flexibility index (Phi) is 9.66. The summed E-state index contributed by atoms with van der Waals surface area (Å²) < 4.78 is 5.00. The fourth-order valence-electron chi connectivity index (χ4n) is 9.73. The van der Waals surface area contributed by atoms with Gasteiger partial charge in [0.15, 0.2) is 17.5 Å². The summed E-state index contributed by atoms with van der Waals surface area (Å²) in [6.07, 6.45) is 0. The SMILES string of the molecule is c1ccc(-c2ccc(-c3nc(-c4ccccc4)nc(-c4ccc(-c5cccc6c5sc5ccccc56)cc4)n3)c(-n3c4ccc(-c5ccccc5)cc4c4ccc(-c5ccccc5)cc43)c2)cc1. The van der Waals surface area contributed by atoms with Gasteiger partial charge in [0.1, 0.15) is 0 Å². The van der Waals surface area contributed by atoms with Gasteiger partial charge in [-0.05, 0) is 80.9 Å². The summed E-state index contributed by atoms with van der Waals surface area (Å²) in [5, 5.41) is 4.92. The molecule has 4 nitrogen and oxygen atoms in total. The molecule has 318 valence electrons. The molecule has 13 aromatic rings. The fraction of sp³-hybridized carbons (Fsp3) is 0. The van der Waals surface area contributed by atoms with Gasteiger partial charge in [0.25, 0.3) is 0 Å². The van der Waals surface area contributed by atoms with Crippen LogP contribution < -0.4 is 0 Å². The van der Waals surface area contributed by atoms with E-state index in [9.17, 15) is 0 Å². The number of fused-ring (bicyclic) bond motifs is 6. The number of rotatable bonds is 8. The summed E-state index contributed by atoms with van der Waals surface area (Å²) in [5.74, 6) is 1.82. The molecular formula is C63H40N4S. The highest BCUT2D eigenvalue weighted by Gasteiger charge is 2.22. The highest BCUT2D eigenvalue weighted by atomic mass is 32.1. The predicted molar refractivity (Wildman–Crippen MR) is 285 cm³/mol. The van der Waals surface area contributed by atoms with Crippen molar-refractivity contribution < 1.29 is 0 Å². The van der Waals surface area contributed by atoms with E-state index in [0.29, 0.717) is 17.5 Å². The first kappa shape index (κ1) is 39.6. The molecule has 5 heteroatoms. The van der Waals surface area contributed by atoms with Crippen molar-refractivity contribution in [1.82, 2.24) is 19.5 Å². The van der Waals surface area contributed by atoms with Gasteiger partial charge < -0.3 is 4.57 Å². The molecule has 68 heavy (non-hydrogen) atoms. The van der Waals surface area contributed by atoms with Gasteiger partial charge in [-0.2, -0.15) is 0 Å². The third-order valence-electron chi connectivity index (χ3n) is 13.1. The molecule has 13 rings (SSSR count). The quantitative estimate of drug-likeness (QED) is 0.153. The van der Waals surface area contributed by atoms with Crippen LogP contribution in [0.2, 0.25) is 0 Å². The Bertz CT molecular complexity index is 3990. The van der Waals surface area contributed by atoms with Crippen LogP contribution in [0.4, 0.5) is 0 Å². The Balaban J connectivity index is 1.03. The molecule has 3 aromatic heterocycles. The van der Waals surface area contributed by atoms with Gasteiger partial charge in [0.2, 0.25) is 0 Å². The Morgan fingerprint density at radius 3 is 1.46 bits per heavy atom. The van der Waals surface area contributed by atoms with E-state index in [2.05, 4.69) is 229 Å². The predicted octanol–water partition coefficient (Wildman–Crippen LogP) is 17.0. The van der Waals surface area contributed by atoms with Crippen molar-refractivity contribution in [2.75, 3.05) is 0 Å². The molecule has 0 bridgehead atoms. The van der Waals surface area contributed by atoms with Crippen molar-refractivity contribution in [1.29, 1.82) is 0 Å². The minimum Gasteiger partial charge on any atom is -0.308 e. The smallest absolute Gasteiger partial charge is 0.166 e. The summed E-state index contributed by atoms with van der Waals surface area (Å²) in [5.41, 5.74) is 15.2. The van der Waals surface area contributed by atoms with Gasteiger partial charge in [-0.15, -0.1) is 11.3 Å². The van der Waals surface area contributed by atoms with Gasteiger partial charge >= 0.3 is 0 Å². The maximum Gasteiger partial charge on any atom is 0.166 e. The van der Waals surface area contributed by atoms with Crippen molar-refractivity contribution in [3.8, 4) is 84.4 Å². The second-order valence-electron chi connectivity index (χ2n) is 17.2. The number of aromatic nitrogens is 4. The summed E-state index contributed by atoms with van der Waals surface area (Å²) in [4.78, 5) is 15.9. The summed E-state index contributed by atoms with van der Waals surface area (Å²) in [7, 11) is 0. The van der Waals surface area contributed by atoms with E-state index in [4.69, 9.17) is 15.0 Å². The number of nitrogens with zero attached hydrogens (tertiary/aromatic N) is 4. The standard InChI is InChI=1S/C63H40N4S/c1-5-16-41(17-6-1)47-34-37-56-55(38-47)51-35-32-48(42-18-7-2-8-19-42)39-57(51)67(56)58-40-49(43-20-9-3-10-21-43)33-36-54(58)63-65-61(45-22-11-4-12-23-45)64-62(66-63)46-30-28-44(29-31-46)50-25-15-26-53-52-24-13-14-27-59(52)68-60(50)53/h1-40H. The average Bonchev–Trinajstić information content (AvgIpc) is 3.97. The molecule has 10 aromatic carbocycles. The Labute approximate surface area is 397 Å². The minimum absolute atomic E-state index is 0.595. The highest BCUT2D eigenvalue weighted by Crippen LogP contribution is 2.43. The molecule has 0 spiro atoms. The maximum atomic E-state index is 5.40. The van der Waals surface area contributed by atoms with Crippen LogP contribution >= 0.6 is 11.3 Å². The van der Waals surface area contributed by atoms with Crippen LogP contribution in [0, 0.1) is 0 Å². The van der Waals surface area contributed by atoms with Gasteiger partial charge in [-0.25, -0.2) is 15.0 Å². The first-order valence-corrected chi connectivity index (χ1v) is 23.7. The normalized spacial score (nSPS) is 11.5. The van der Waals surface area contributed by atoms with Crippen LogP contribution in [0.3, 0.4) is 0 Å². The minimum atomic E-state index is 0.595. The van der Waals surface area contributed by atoms with E-state index in [0.717, 1.165) is 61.2 Å². The zero-order valence-corrected chi connectivity index (χ0v) is 37.6. The van der Waals surface area contributed by atoms with Gasteiger partial charge in [-0.1, -0.05) is 206 Å². The van der Waals surface area contributed by atoms with Crippen molar-refractivity contribution in [3.05, 3.63) is 243 Å². The van der Waals surface area contributed by atoms with Crippen LogP contribution in [0.1, 0.15) is 0 Å². The monoisotopic (exact) mass is 884 g/mol. The van der Waals surface area contributed by atoms with Crippen molar-refractivity contribution >= 4 is 53.3 Å². The Morgan fingerprint density at radius 1 is 0.279 bits per heavy atom. The molecule has 0 aliphatic rings. The molecule has 3 heterocycles. The Morgan fingerprint density at radius 2 is 0.779 bits per heavy atom. The molecule has 0 saturated heterocycles. The molecule has 0 unspecified atom stereocenters. The number of thiophene rings is 1. The zero-order chi connectivity index (χ0) is 45.0. The fourth-order valence-corrected chi connectivity index (χ4v) is 11.0. The molecule has 0 saturated carbocycles. The number of hydrogen-bond donors (Lipinski definition) is 0. The second kappa shape index (κ2) is 16.6. The van der Waals surface area contributed by atoms with E-state index < -0.39 is 0 Å². The van der Waals surface area contributed by atoms with E-state index in [1.54, 1.807) is 0 Å². The van der Waals surface area contributed by atoms with Crippen LogP contribution in [0.15, 0.2) is 243 Å². The molecule has 0 N–H and O–H groups in total. The lowest BCUT2D eigenvalue weighted by Crippen LogP contribution is -2.04. The summed E-state index contributed by atoms with van der Waals surface area (Å²) >= 11 is 1.85. The van der Waals surface area contributed by atoms with Gasteiger partial charge in [-0.3, -0.25) is 0 Å². The largest absolute Gasteiger partial charge is 0.308 e.